The fourth-order valence-electron chi connectivity index (χ4n) is 3.09. The van der Waals surface area contributed by atoms with Crippen LogP contribution in [0.4, 0.5) is 0 Å². The number of hydrogen-bond donors (Lipinski definition) is 1. The molecule has 19 heavy (non-hydrogen) atoms. The molecule has 2 fully saturated rings. The van der Waals surface area contributed by atoms with Crippen molar-refractivity contribution in [3.05, 3.63) is 0 Å². The van der Waals surface area contributed by atoms with Crippen LogP contribution in [-0.2, 0) is 14.6 Å². The summed E-state index contributed by atoms with van der Waals surface area (Å²) >= 11 is 0. The number of nitrogens with one attached hydrogen (secondary N) is 1. The van der Waals surface area contributed by atoms with E-state index in [-0.39, 0.29) is 6.04 Å². The Bertz CT molecular complexity index is 382. The lowest BCUT2D eigenvalue weighted by molar-refractivity contribution is 0.00379. The van der Waals surface area contributed by atoms with Crippen LogP contribution in [0.25, 0.3) is 0 Å². The largest absolute Gasteiger partial charge is 0.377 e. The first-order chi connectivity index (χ1) is 8.96. The quantitative estimate of drug-likeness (QED) is 0.781. The Balaban J connectivity index is 1.57. The molecule has 1 heterocycles. The van der Waals surface area contributed by atoms with Crippen LogP contribution in [0, 0.1) is 11.8 Å². The summed E-state index contributed by atoms with van der Waals surface area (Å²) in [4.78, 5) is 0. The maximum Gasteiger partial charge on any atom is 0.151 e. The Morgan fingerprint density at radius 2 is 1.95 bits per heavy atom. The molecule has 0 bridgehead atoms. The highest BCUT2D eigenvalue weighted by Crippen LogP contribution is 2.30. The van der Waals surface area contributed by atoms with Crippen LogP contribution in [-0.4, -0.2) is 45.2 Å². The molecule has 1 saturated carbocycles. The monoisotopic (exact) mass is 289 g/mol. The standard InChI is InChI=1S/C14H27NO3S/c1-11-3-4-14(9-12(11)2)18-7-6-15-13-5-8-19(16,17)10-13/h11-15H,3-10H2,1-2H3. The molecule has 1 aliphatic heterocycles. The van der Waals surface area contributed by atoms with Crippen molar-refractivity contribution in [2.45, 2.75) is 51.7 Å². The van der Waals surface area contributed by atoms with Gasteiger partial charge in [0.1, 0.15) is 0 Å². The van der Waals surface area contributed by atoms with Gasteiger partial charge in [0.05, 0.1) is 24.2 Å². The molecule has 0 aromatic heterocycles. The molecule has 4 atom stereocenters. The number of hydrogen-bond acceptors (Lipinski definition) is 4. The fraction of sp³-hybridized carbons (Fsp3) is 1.00. The van der Waals surface area contributed by atoms with Gasteiger partial charge >= 0.3 is 0 Å². The Morgan fingerprint density at radius 1 is 1.16 bits per heavy atom. The van der Waals surface area contributed by atoms with Crippen molar-refractivity contribution in [1.29, 1.82) is 0 Å². The zero-order valence-electron chi connectivity index (χ0n) is 12.1. The Labute approximate surface area is 117 Å². The molecular weight excluding hydrogens is 262 g/mol. The summed E-state index contributed by atoms with van der Waals surface area (Å²) in [5.74, 6) is 2.21. The lowest BCUT2D eigenvalue weighted by atomic mass is 9.80. The van der Waals surface area contributed by atoms with Crippen molar-refractivity contribution in [2.75, 3.05) is 24.7 Å². The molecule has 0 spiro atoms. The summed E-state index contributed by atoms with van der Waals surface area (Å²) in [5, 5.41) is 3.29. The maximum absolute atomic E-state index is 11.3. The molecule has 0 aromatic rings. The molecule has 2 aliphatic rings. The SMILES string of the molecule is CC1CCC(OCCNC2CCS(=O)(=O)C2)CC1C. The van der Waals surface area contributed by atoms with E-state index in [0.29, 0.717) is 24.2 Å². The zero-order valence-corrected chi connectivity index (χ0v) is 12.9. The lowest BCUT2D eigenvalue weighted by Crippen LogP contribution is -2.34. The van der Waals surface area contributed by atoms with Crippen molar-refractivity contribution in [1.82, 2.24) is 5.32 Å². The first-order valence-electron chi connectivity index (χ1n) is 7.51. The molecule has 4 unspecified atom stereocenters. The van der Waals surface area contributed by atoms with Gasteiger partial charge in [-0.1, -0.05) is 13.8 Å². The third-order valence-corrected chi connectivity index (χ3v) is 6.44. The van der Waals surface area contributed by atoms with Crippen LogP contribution in [0.1, 0.15) is 39.5 Å². The summed E-state index contributed by atoms with van der Waals surface area (Å²) in [7, 11) is -2.77. The van der Waals surface area contributed by atoms with Crippen molar-refractivity contribution in [3.63, 3.8) is 0 Å². The fourth-order valence-corrected chi connectivity index (χ4v) is 4.80. The highest BCUT2D eigenvalue weighted by atomic mass is 32.2. The average Bonchev–Trinajstić information content (AvgIpc) is 2.69. The summed E-state index contributed by atoms with van der Waals surface area (Å²) < 4.78 is 28.5. The van der Waals surface area contributed by atoms with E-state index in [1.807, 2.05) is 0 Å². The van der Waals surface area contributed by atoms with Gasteiger partial charge < -0.3 is 10.1 Å². The third kappa shape index (κ3) is 4.72. The first-order valence-corrected chi connectivity index (χ1v) is 9.34. The molecule has 0 amide bonds. The topological polar surface area (TPSA) is 55.4 Å². The second kappa shape index (κ2) is 6.55. The van der Waals surface area contributed by atoms with E-state index >= 15 is 0 Å². The lowest BCUT2D eigenvalue weighted by Gasteiger charge is -2.32. The third-order valence-electron chi connectivity index (χ3n) is 4.67. The second-order valence-corrected chi connectivity index (χ2v) is 8.54. The van der Waals surface area contributed by atoms with Crippen molar-refractivity contribution < 1.29 is 13.2 Å². The molecule has 5 heteroatoms. The molecular formula is C14H27NO3S. The minimum Gasteiger partial charge on any atom is -0.377 e. The Hall–Kier alpha value is -0.130. The van der Waals surface area contributed by atoms with Crippen LogP contribution in [0.15, 0.2) is 0 Å². The van der Waals surface area contributed by atoms with E-state index in [1.165, 1.54) is 19.3 Å². The number of rotatable bonds is 5. The minimum atomic E-state index is -2.77. The van der Waals surface area contributed by atoms with E-state index < -0.39 is 9.84 Å². The van der Waals surface area contributed by atoms with Crippen LogP contribution in [0.5, 0.6) is 0 Å². The van der Waals surface area contributed by atoms with Gasteiger partial charge in [-0.15, -0.1) is 0 Å². The van der Waals surface area contributed by atoms with Crippen molar-refractivity contribution >= 4 is 9.84 Å². The highest BCUT2D eigenvalue weighted by molar-refractivity contribution is 7.91. The molecule has 0 aromatic carbocycles. The van der Waals surface area contributed by atoms with Gasteiger partial charge in [0.15, 0.2) is 9.84 Å². The molecule has 4 nitrogen and oxygen atoms in total. The molecule has 1 saturated heterocycles. The van der Waals surface area contributed by atoms with Gasteiger partial charge in [0.25, 0.3) is 0 Å². The van der Waals surface area contributed by atoms with Gasteiger partial charge in [0.2, 0.25) is 0 Å². The first kappa shape index (κ1) is 15.3. The Kier molecular flexibility index (Phi) is 5.26. The summed E-state index contributed by atoms with van der Waals surface area (Å²) in [6.07, 6.45) is 4.75. The van der Waals surface area contributed by atoms with Gasteiger partial charge in [-0.2, -0.15) is 0 Å². The van der Waals surface area contributed by atoms with Crippen LogP contribution < -0.4 is 5.32 Å². The smallest absolute Gasteiger partial charge is 0.151 e. The van der Waals surface area contributed by atoms with E-state index in [0.717, 1.165) is 24.8 Å². The van der Waals surface area contributed by atoms with Crippen LogP contribution in [0.3, 0.4) is 0 Å². The van der Waals surface area contributed by atoms with Crippen molar-refractivity contribution in [3.8, 4) is 0 Å². The zero-order chi connectivity index (χ0) is 13.9. The molecule has 2 rings (SSSR count). The normalized spacial score (nSPS) is 38.4. The number of sulfone groups is 1. The molecule has 0 radical (unpaired) electrons. The van der Waals surface area contributed by atoms with Gasteiger partial charge in [-0.05, 0) is 37.5 Å². The summed E-state index contributed by atoms with van der Waals surface area (Å²) in [5.41, 5.74) is 0. The summed E-state index contributed by atoms with van der Waals surface area (Å²) in [6, 6.07) is 0.138. The maximum atomic E-state index is 11.3. The second-order valence-electron chi connectivity index (χ2n) is 6.31. The molecule has 1 aliphatic carbocycles. The predicted octanol–water partition coefficient (Wildman–Crippen LogP) is 1.60. The van der Waals surface area contributed by atoms with E-state index in [4.69, 9.17) is 4.74 Å². The Morgan fingerprint density at radius 3 is 2.58 bits per heavy atom. The van der Waals surface area contributed by atoms with Gasteiger partial charge in [0, 0.05) is 12.6 Å². The minimum absolute atomic E-state index is 0.138. The van der Waals surface area contributed by atoms with E-state index in [2.05, 4.69) is 19.2 Å². The molecule has 112 valence electrons. The van der Waals surface area contributed by atoms with Crippen LogP contribution in [0.2, 0.25) is 0 Å². The van der Waals surface area contributed by atoms with Crippen molar-refractivity contribution in [2.24, 2.45) is 11.8 Å². The van der Waals surface area contributed by atoms with Gasteiger partial charge in [-0.3, -0.25) is 0 Å². The summed E-state index contributed by atoms with van der Waals surface area (Å²) in [6.45, 7) is 6.09. The molecule has 1 N–H and O–H groups in total. The highest BCUT2D eigenvalue weighted by Gasteiger charge is 2.27. The van der Waals surface area contributed by atoms with E-state index in [1.54, 1.807) is 0 Å². The number of ether oxygens (including phenoxy) is 1. The average molecular weight is 289 g/mol. The van der Waals surface area contributed by atoms with Crippen LogP contribution >= 0.6 is 0 Å². The predicted molar refractivity (Wildman–Crippen MR) is 77.0 cm³/mol. The van der Waals surface area contributed by atoms with E-state index in [9.17, 15) is 8.42 Å². The van der Waals surface area contributed by atoms with Gasteiger partial charge in [-0.25, -0.2) is 8.42 Å².